The molecule has 0 spiro atoms. The number of rotatable bonds is 12. The van der Waals surface area contributed by atoms with E-state index in [0.717, 1.165) is 49.7 Å². The largest absolute Gasteiger partial charge is 0.415 e. The summed E-state index contributed by atoms with van der Waals surface area (Å²) in [5.74, 6) is -2.69. The SMILES string of the molecule is Fc1ccc(C2(Cc3ncc(-c4nnc(C(F)F)o4)cn3)CCC2)cc1Cl.O=C(CNC(=O)C(F)F)c1cnc(CC2(c3ccc(F)c(Cl)c3)CCC2)nc1. The average Bonchev–Trinajstić information content (AvgIpc) is 3.64. The zero-order valence-electron chi connectivity index (χ0n) is 28.7. The molecule has 0 bridgehead atoms. The van der Waals surface area contributed by atoms with E-state index in [9.17, 15) is 35.9 Å². The maximum Gasteiger partial charge on any atom is 0.315 e. The topological polar surface area (TPSA) is 137 Å². The second-order valence-corrected chi connectivity index (χ2v) is 14.2. The molecule has 3 aromatic heterocycles. The molecule has 0 atom stereocenters. The Hall–Kier alpha value is -4.96. The lowest BCUT2D eigenvalue weighted by molar-refractivity contribution is -0.131. The van der Waals surface area contributed by atoms with Crippen molar-refractivity contribution in [3.8, 4) is 11.5 Å². The summed E-state index contributed by atoms with van der Waals surface area (Å²) in [6.07, 6.45) is 6.35. The fourth-order valence-corrected chi connectivity index (χ4v) is 6.89. The van der Waals surface area contributed by atoms with Crippen molar-refractivity contribution in [3.05, 3.63) is 117 Å². The van der Waals surface area contributed by atoms with Crippen LogP contribution in [0.25, 0.3) is 11.5 Å². The van der Waals surface area contributed by atoms with Crippen LogP contribution in [0.5, 0.6) is 0 Å². The molecule has 0 aliphatic heterocycles. The van der Waals surface area contributed by atoms with Crippen molar-refractivity contribution >= 4 is 34.9 Å². The van der Waals surface area contributed by atoms with Gasteiger partial charge in [0.1, 0.15) is 23.3 Å². The van der Waals surface area contributed by atoms with E-state index in [1.165, 1.54) is 36.9 Å². The van der Waals surface area contributed by atoms with Crippen LogP contribution in [0.3, 0.4) is 0 Å². The number of benzene rings is 2. The average molecular weight is 807 g/mol. The molecule has 7 rings (SSSR count). The molecule has 55 heavy (non-hydrogen) atoms. The monoisotopic (exact) mass is 805 g/mol. The van der Waals surface area contributed by atoms with Crippen LogP contribution in [0.2, 0.25) is 10.0 Å². The molecule has 5 aromatic rings. The van der Waals surface area contributed by atoms with Crippen LogP contribution in [0, 0.1) is 11.6 Å². The number of alkyl halides is 4. The van der Waals surface area contributed by atoms with Crippen LogP contribution in [0.1, 0.15) is 84.0 Å². The van der Waals surface area contributed by atoms with Gasteiger partial charge in [0.05, 0.1) is 27.7 Å². The summed E-state index contributed by atoms with van der Waals surface area (Å²) in [6.45, 7) is -0.552. The van der Waals surface area contributed by atoms with Crippen molar-refractivity contribution in [1.82, 2.24) is 35.5 Å². The van der Waals surface area contributed by atoms with Crippen LogP contribution in [-0.4, -0.2) is 54.8 Å². The zero-order chi connectivity index (χ0) is 39.3. The number of carbonyl (C=O) groups is 2. The Morgan fingerprint density at radius 3 is 1.64 bits per heavy atom. The standard InChI is InChI=1S/C19H17ClF3N3O2.C18H14ClF3N4O/c20-13-6-12(2-3-14(13)21)19(4-1-5-19)7-16-24-8-11(9-25-16)15(27)10-26-18(28)17(22)23;19-12-6-11(2-3-13(12)20)18(4-1-5-18)7-14-23-8-10(9-24-14)16-25-26-17(27-16)15(21)22/h2-3,6,8-9,17H,1,4-5,7,10H2,(H,26,28);2-3,6,8-9,15H,1,4-5,7H2. The molecular weight excluding hydrogens is 775 g/mol. The maximum atomic E-state index is 13.5. The predicted molar refractivity (Wildman–Crippen MR) is 187 cm³/mol. The minimum Gasteiger partial charge on any atom is -0.415 e. The molecule has 10 nitrogen and oxygen atoms in total. The van der Waals surface area contributed by atoms with Crippen molar-refractivity contribution in [2.75, 3.05) is 6.54 Å². The number of hydrogen-bond acceptors (Lipinski definition) is 9. The van der Waals surface area contributed by atoms with Gasteiger partial charge in [0.15, 0.2) is 5.78 Å². The number of Topliss-reactive ketones (excluding diaryl/α,β-unsaturated/α-hetero) is 1. The molecule has 2 saturated carbocycles. The first-order valence-corrected chi connectivity index (χ1v) is 17.8. The first kappa shape index (κ1) is 39.7. The molecule has 2 aromatic carbocycles. The van der Waals surface area contributed by atoms with Gasteiger partial charge in [-0.3, -0.25) is 9.59 Å². The highest BCUT2D eigenvalue weighted by Gasteiger charge is 2.41. The molecule has 2 aliphatic rings. The van der Waals surface area contributed by atoms with E-state index < -0.39 is 48.6 Å². The summed E-state index contributed by atoms with van der Waals surface area (Å²) in [6, 6.07) is 9.46. The van der Waals surface area contributed by atoms with Crippen molar-refractivity contribution < 1.29 is 40.3 Å². The van der Waals surface area contributed by atoms with Crippen molar-refractivity contribution in [2.24, 2.45) is 0 Å². The Balaban J connectivity index is 0.000000187. The van der Waals surface area contributed by atoms with Crippen molar-refractivity contribution in [3.63, 3.8) is 0 Å². The molecule has 2 aliphatic carbocycles. The van der Waals surface area contributed by atoms with Crippen LogP contribution < -0.4 is 5.32 Å². The lowest BCUT2D eigenvalue weighted by Gasteiger charge is -2.42. The van der Waals surface area contributed by atoms with E-state index in [1.54, 1.807) is 24.3 Å². The van der Waals surface area contributed by atoms with Crippen LogP contribution >= 0.6 is 23.2 Å². The highest BCUT2D eigenvalue weighted by atomic mass is 35.5. The summed E-state index contributed by atoms with van der Waals surface area (Å²) in [4.78, 5) is 39.8. The molecule has 0 unspecified atom stereocenters. The number of aromatic nitrogens is 6. The Bertz CT molecular complexity index is 2150. The summed E-state index contributed by atoms with van der Waals surface area (Å²) in [5.41, 5.74) is 1.96. The van der Waals surface area contributed by atoms with Gasteiger partial charge in [0.25, 0.3) is 17.7 Å². The Kier molecular flexibility index (Phi) is 12.1. The molecular formula is C37H31Cl2F6N7O3. The van der Waals surface area contributed by atoms with E-state index in [1.807, 2.05) is 5.32 Å². The molecule has 1 amide bonds. The number of ketones is 1. The van der Waals surface area contributed by atoms with Gasteiger partial charge >= 0.3 is 12.9 Å². The second kappa shape index (κ2) is 16.8. The van der Waals surface area contributed by atoms with E-state index in [2.05, 4.69) is 30.1 Å². The van der Waals surface area contributed by atoms with E-state index in [0.29, 0.717) is 30.1 Å². The van der Waals surface area contributed by atoms with E-state index in [-0.39, 0.29) is 32.3 Å². The third-order valence-electron chi connectivity index (χ3n) is 9.91. The number of carbonyl (C=O) groups excluding carboxylic acids is 2. The van der Waals surface area contributed by atoms with Crippen molar-refractivity contribution in [2.45, 2.75) is 75.0 Å². The van der Waals surface area contributed by atoms with Gasteiger partial charge in [0.2, 0.25) is 0 Å². The second-order valence-electron chi connectivity index (χ2n) is 13.3. The van der Waals surface area contributed by atoms with E-state index >= 15 is 0 Å². The zero-order valence-corrected chi connectivity index (χ0v) is 30.2. The molecule has 18 heteroatoms. The number of halogens is 8. The molecule has 2 fully saturated rings. The number of nitrogens with one attached hydrogen (secondary N) is 1. The number of nitrogens with zero attached hydrogens (tertiary/aromatic N) is 6. The maximum absolute atomic E-state index is 13.5. The highest BCUT2D eigenvalue weighted by molar-refractivity contribution is 6.31. The molecule has 0 radical (unpaired) electrons. The van der Waals surface area contributed by atoms with Crippen LogP contribution in [-0.2, 0) is 28.5 Å². The van der Waals surface area contributed by atoms with Gasteiger partial charge < -0.3 is 9.73 Å². The highest BCUT2D eigenvalue weighted by Crippen LogP contribution is 2.47. The molecule has 3 heterocycles. The Morgan fingerprint density at radius 2 is 1.24 bits per heavy atom. The lowest BCUT2D eigenvalue weighted by Crippen LogP contribution is -2.37. The minimum absolute atomic E-state index is 0.0551. The van der Waals surface area contributed by atoms with Gasteiger partial charge in [-0.1, -0.05) is 48.2 Å². The first-order chi connectivity index (χ1) is 26.3. The van der Waals surface area contributed by atoms with Crippen LogP contribution in [0.4, 0.5) is 26.3 Å². The molecule has 1 N–H and O–H groups in total. The van der Waals surface area contributed by atoms with Crippen LogP contribution in [0.15, 0.2) is 65.6 Å². The predicted octanol–water partition coefficient (Wildman–Crippen LogP) is 8.42. The Labute approximate surface area is 320 Å². The normalized spacial score (nSPS) is 15.5. The minimum atomic E-state index is -3.18. The van der Waals surface area contributed by atoms with Gasteiger partial charge in [-0.05, 0) is 61.1 Å². The smallest absolute Gasteiger partial charge is 0.315 e. The quantitative estimate of drug-likeness (QED) is 0.0974. The number of amides is 1. The fourth-order valence-electron chi connectivity index (χ4n) is 6.53. The van der Waals surface area contributed by atoms with E-state index in [4.69, 9.17) is 27.6 Å². The van der Waals surface area contributed by atoms with Crippen molar-refractivity contribution in [1.29, 1.82) is 0 Å². The Morgan fingerprint density at radius 1 is 0.745 bits per heavy atom. The molecule has 288 valence electrons. The summed E-state index contributed by atoms with van der Waals surface area (Å²) in [7, 11) is 0. The lowest BCUT2D eigenvalue weighted by atomic mass is 9.62. The van der Waals surface area contributed by atoms with Gasteiger partial charge in [-0.25, -0.2) is 28.7 Å². The molecule has 0 saturated heterocycles. The third kappa shape index (κ3) is 9.13. The number of hydrogen-bond donors (Lipinski definition) is 1. The fraction of sp³-hybridized carbons (Fsp3) is 0.351. The summed E-state index contributed by atoms with van der Waals surface area (Å²) >= 11 is 11.8. The summed E-state index contributed by atoms with van der Waals surface area (Å²) < 4.78 is 81.2. The van der Waals surface area contributed by atoms with Gasteiger partial charge in [-0.15, -0.1) is 10.2 Å². The third-order valence-corrected chi connectivity index (χ3v) is 10.5. The van der Waals surface area contributed by atoms with Gasteiger partial charge in [0, 0.05) is 48.5 Å². The summed E-state index contributed by atoms with van der Waals surface area (Å²) in [5, 5.41) is 8.87. The first-order valence-electron chi connectivity index (χ1n) is 17.0. The van der Waals surface area contributed by atoms with Gasteiger partial charge in [-0.2, -0.15) is 17.6 Å².